The van der Waals surface area contributed by atoms with Gasteiger partial charge in [-0.15, -0.1) is 0 Å². The first kappa shape index (κ1) is 18.3. The van der Waals surface area contributed by atoms with E-state index in [-0.39, 0.29) is 18.0 Å². The van der Waals surface area contributed by atoms with E-state index in [4.69, 9.17) is 4.74 Å². The summed E-state index contributed by atoms with van der Waals surface area (Å²) in [5, 5.41) is 4.35. The van der Waals surface area contributed by atoms with Crippen LogP contribution in [-0.4, -0.2) is 43.3 Å². The SMILES string of the molecule is CC.COCC1Cc2cn(C)c3cccc(c23)N(C)C(C)C(=O)N1. The van der Waals surface area contributed by atoms with E-state index < -0.39 is 0 Å². The third-order valence-corrected chi connectivity index (χ3v) is 4.59. The molecule has 2 aromatic rings. The summed E-state index contributed by atoms with van der Waals surface area (Å²) in [6.07, 6.45) is 2.93. The Balaban J connectivity index is 0.00000100. The van der Waals surface area contributed by atoms with Gasteiger partial charge in [-0.1, -0.05) is 19.9 Å². The highest BCUT2D eigenvalue weighted by Crippen LogP contribution is 2.33. The maximum absolute atomic E-state index is 12.5. The van der Waals surface area contributed by atoms with Gasteiger partial charge in [0.05, 0.1) is 18.2 Å². The van der Waals surface area contributed by atoms with E-state index in [1.165, 1.54) is 16.5 Å². The minimum Gasteiger partial charge on any atom is -0.383 e. The Bertz CT molecular complexity index is 708. The van der Waals surface area contributed by atoms with Crippen LogP contribution in [0.25, 0.3) is 10.9 Å². The van der Waals surface area contributed by atoms with Crippen LogP contribution in [0.4, 0.5) is 5.69 Å². The molecule has 0 saturated heterocycles. The van der Waals surface area contributed by atoms with Gasteiger partial charge < -0.3 is 19.5 Å². The average molecular weight is 331 g/mol. The van der Waals surface area contributed by atoms with Gasteiger partial charge in [0.25, 0.3) is 0 Å². The van der Waals surface area contributed by atoms with Crippen molar-refractivity contribution in [1.82, 2.24) is 9.88 Å². The number of likely N-dealkylation sites (N-methyl/N-ethyl adjacent to an activating group) is 1. The van der Waals surface area contributed by atoms with E-state index in [1.807, 2.05) is 33.9 Å². The number of amides is 1. The maximum atomic E-state index is 12.5. The molecule has 1 N–H and O–H groups in total. The first-order chi connectivity index (χ1) is 11.5. The van der Waals surface area contributed by atoms with E-state index in [0.717, 1.165) is 12.1 Å². The van der Waals surface area contributed by atoms with E-state index in [1.54, 1.807) is 7.11 Å². The number of benzene rings is 1. The number of carbonyl (C=O) groups excluding carboxylic acids is 1. The Morgan fingerprint density at radius 1 is 1.29 bits per heavy atom. The molecule has 1 aliphatic rings. The van der Waals surface area contributed by atoms with Gasteiger partial charge in [-0.05, 0) is 31.0 Å². The number of anilines is 1. The molecule has 132 valence electrons. The molecule has 0 saturated carbocycles. The van der Waals surface area contributed by atoms with E-state index in [2.05, 4.69) is 40.2 Å². The van der Waals surface area contributed by atoms with Crippen LogP contribution in [0.3, 0.4) is 0 Å². The van der Waals surface area contributed by atoms with Crippen molar-refractivity contribution < 1.29 is 9.53 Å². The third kappa shape index (κ3) is 3.26. The van der Waals surface area contributed by atoms with Gasteiger partial charge in [-0.3, -0.25) is 4.79 Å². The summed E-state index contributed by atoms with van der Waals surface area (Å²) < 4.78 is 7.44. The minimum atomic E-state index is -0.226. The van der Waals surface area contributed by atoms with Crippen LogP contribution in [0.5, 0.6) is 0 Å². The lowest BCUT2D eigenvalue weighted by atomic mass is 10.0. The van der Waals surface area contributed by atoms with Gasteiger partial charge >= 0.3 is 0 Å². The Morgan fingerprint density at radius 2 is 2.00 bits per heavy atom. The van der Waals surface area contributed by atoms with Crippen LogP contribution in [0.15, 0.2) is 24.4 Å². The number of carbonyl (C=O) groups is 1. The lowest BCUT2D eigenvalue weighted by Gasteiger charge is -2.27. The molecule has 1 aromatic heterocycles. The highest BCUT2D eigenvalue weighted by Gasteiger charge is 2.27. The van der Waals surface area contributed by atoms with Crippen LogP contribution in [0.2, 0.25) is 0 Å². The van der Waals surface area contributed by atoms with Crippen molar-refractivity contribution in [3.05, 3.63) is 30.0 Å². The summed E-state index contributed by atoms with van der Waals surface area (Å²) in [7, 11) is 5.71. The van der Waals surface area contributed by atoms with Crippen molar-refractivity contribution in [2.75, 3.05) is 25.7 Å². The fraction of sp³-hybridized carbons (Fsp3) is 0.526. The molecule has 1 aromatic carbocycles. The monoisotopic (exact) mass is 331 g/mol. The van der Waals surface area contributed by atoms with Gasteiger partial charge in [0, 0.05) is 38.5 Å². The molecule has 0 radical (unpaired) electrons. The molecule has 0 bridgehead atoms. The number of methoxy groups -OCH3 is 1. The molecule has 24 heavy (non-hydrogen) atoms. The Labute approximate surface area is 144 Å². The molecule has 0 fully saturated rings. The molecule has 2 heterocycles. The lowest BCUT2D eigenvalue weighted by Crippen LogP contribution is -2.48. The normalized spacial score (nSPS) is 20.6. The zero-order chi connectivity index (χ0) is 17.9. The van der Waals surface area contributed by atoms with Crippen LogP contribution in [0, 0.1) is 0 Å². The summed E-state index contributed by atoms with van der Waals surface area (Å²) in [6.45, 7) is 6.45. The van der Waals surface area contributed by atoms with E-state index >= 15 is 0 Å². The highest BCUT2D eigenvalue weighted by atomic mass is 16.5. The predicted molar refractivity (Wildman–Crippen MR) is 99.6 cm³/mol. The molecular formula is C19H29N3O2. The number of aryl methyl sites for hydroxylation is 1. The summed E-state index contributed by atoms with van der Waals surface area (Å²) in [4.78, 5) is 14.5. The van der Waals surface area contributed by atoms with Crippen molar-refractivity contribution in [2.24, 2.45) is 7.05 Å². The summed E-state index contributed by atoms with van der Waals surface area (Å²) >= 11 is 0. The second-order valence-corrected chi connectivity index (χ2v) is 6.09. The molecule has 1 aliphatic heterocycles. The number of nitrogens with zero attached hydrogens (tertiary/aromatic N) is 2. The average Bonchev–Trinajstić information content (AvgIpc) is 2.92. The molecule has 5 heteroatoms. The Morgan fingerprint density at radius 3 is 2.67 bits per heavy atom. The van der Waals surface area contributed by atoms with Crippen LogP contribution in [-0.2, 0) is 23.0 Å². The quantitative estimate of drug-likeness (QED) is 0.920. The fourth-order valence-corrected chi connectivity index (χ4v) is 3.29. The van der Waals surface area contributed by atoms with E-state index in [0.29, 0.717) is 6.61 Å². The zero-order valence-corrected chi connectivity index (χ0v) is 15.6. The number of ether oxygens (including phenoxy) is 1. The molecule has 1 amide bonds. The smallest absolute Gasteiger partial charge is 0.242 e. The fourth-order valence-electron chi connectivity index (χ4n) is 3.29. The maximum Gasteiger partial charge on any atom is 0.242 e. The first-order valence-electron chi connectivity index (χ1n) is 8.62. The number of aromatic nitrogens is 1. The molecule has 0 spiro atoms. The largest absolute Gasteiger partial charge is 0.383 e. The van der Waals surface area contributed by atoms with Gasteiger partial charge in [0.2, 0.25) is 5.91 Å². The molecule has 5 nitrogen and oxygen atoms in total. The summed E-state index contributed by atoms with van der Waals surface area (Å²) in [5.41, 5.74) is 3.54. The number of rotatable bonds is 2. The zero-order valence-electron chi connectivity index (χ0n) is 15.6. The van der Waals surface area contributed by atoms with Crippen LogP contribution in [0.1, 0.15) is 26.3 Å². The van der Waals surface area contributed by atoms with Gasteiger partial charge in [-0.25, -0.2) is 0 Å². The topological polar surface area (TPSA) is 46.5 Å². The van der Waals surface area contributed by atoms with Gasteiger partial charge in [0.1, 0.15) is 6.04 Å². The number of nitrogens with one attached hydrogen (secondary N) is 1. The second-order valence-electron chi connectivity index (χ2n) is 6.09. The van der Waals surface area contributed by atoms with Crippen molar-refractivity contribution >= 4 is 22.5 Å². The number of hydrogen-bond acceptors (Lipinski definition) is 3. The van der Waals surface area contributed by atoms with Crippen molar-refractivity contribution in [1.29, 1.82) is 0 Å². The van der Waals surface area contributed by atoms with Crippen molar-refractivity contribution in [3.8, 4) is 0 Å². The minimum absolute atomic E-state index is 0.00916. The molecule has 0 aliphatic carbocycles. The van der Waals surface area contributed by atoms with Crippen LogP contribution >= 0.6 is 0 Å². The van der Waals surface area contributed by atoms with Crippen LogP contribution < -0.4 is 10.2 Å². The highest BCUT2D eigenvalue weighted by molar-refractivity contribution is 5.98. The van der Waals surface area contributed by atoms with Crippen molar-refractivity contribution in [3.63, 3.8) is 0 Å². The van der Waals surface area contributed by atoms with Gasteiger partial charge in [-0.2, -0.15) is 0 Å². The molecule has 2 unspecified atom stereocenters. The molecule has 3 rings (SSSR count). The first-order valence-corrected chi connectivity index (χ1v) is 8.62. The summed E-state index contributed by atoms with van der Waals surface area (Å²) in [6, 6.07) is 6.03. The predicted octanol–water partition coefficient (Wildman–Crippen LogP) is 2.72. The van der Waals surface area contributed by atoms with Crippen molar-refractivity contribution in [2.45, 2.75) is 39.3 Å². The number of hydrogen-bond donors (Lipinski definition) is 1. The van der Waals surface area contributed by atoms with E-state index in [9.17, 15) is 4.79 Å². The standard InChI is InChI=1S/C17H23N3O2.C2H6/c1-11-17(21)18-13(10-22-4)8-12-9-19(2)14-6-5-7-15(16(12)14)20(11)3;1-2/h5-7,9,11,13H,8,10H2,1-4H3,(H,18,21);1-2H3. The second kappa shape index (κ2) is 7.71. The third-order valence-electron chi connectivity index (χ3n) is 4.59. The molecular weight excluding hydrogens is 302 g/mol. The lowest BCUT2D eigenvalue weighted by molar-refractivity contribution is -0.123. The molecule has 2 atom stereocenters. The summed E-state index contributed by atoms with van der Waals surface area (Å²) in [5.74, 6) is 0.0380. The van der Waals surface area contributed by atoms with Gasteiger partial charge in [0.15, 0.2) is 0 Å². The Kier molecular flexibility index (Phi) is 5.89. The Hall–Kier alpha value is -2.01.